The SMILES string of the molecule is COc1ccc(C(=O)Nc2cccc([N+](=O)[O-])c2C)cc1Cl. The third kappa shape index (κ3) is 3.17. The van der Waals surface area contributed by atoms with Crippen molar-refractivity contribution in [3.8, 4) is 5.75 Å². The number of benzene rings is 2. The van der Waals surface area contributed by atoms with Crippen molar-refractivity contribution in [2.45, 2.75) is 6.92 Å². The maximum Gasteiger partial charge on any atom is 0.274 e. The Morgan fingerprint density at radius 1 is 1.32 bits per heavy atom. The van der Waals surface area contributed by atoms with Crippen LogP contribution in [0.2, 0.25) is 5.02 Å². The fourth-order valence-corrected chi connectivity index (χ4v) is 2.22. The molecular formula is C15H13ClN2O4. The van der Waals surface area contributed by atoms with Crippen LogP contribution < -0.4 is 10.1 Å². The highest BCUT2D eigenvalue weighted by atomic mass is 35.5. The van der Waals surface area contributed by atoms with Gasteiger partial charge in [-0.1, -0.05) is 17.7 Å². The second kappa shape index (κ2) is 6.44. The zero-order valence-corrected chi connectivity index (χ0v) is 12.7. The van der Waals surface area contributed by atoms with Gasteiger partial charge in [-0.05, 0) is 31.2 Å². The van der Waals surface area contributed by atoms with E-state index >= 15 is 0 Å². The highest BCUT2D eigenvalue weighted by Gasteiger charge is 2.16. The number of ether oxygens (including phenoxy) is 1. The van der Waals surface area contributed by atoms with E-state index in [-0.39, 0.29) is 5.69 Å². The van der Waals surface area contributed by atoms with E-state index < -0.39 is 10.8 Å². The fourth-order valence-electron chi connectivity index (χ4n) is 1.96. The predicted molar refractivity (Wildman–Crippen MR) is 83.8 cm³/mol. The molecule has 0 aliphatic rings. The van der Waals surface area contributed by atoms with E-state index in [0.717, 1.165) is 0 Å². The van der Waals surface area contributed by atoms with E-state index in [0.29, 0.717) is 27.6 Å². The van der Waals surface area contributed by atoms with Gasteiger partial charge in [-0.25, -0.2) is 0 Å². The number of nitro groups is 1. The molecule has 22 heavy (non-hydrogen) atoms. The normalized spacial score (nSPS) is 10.1. The average molecular weight is 321 g/mol. The van der Waals surface area contributed by atoms with E-state index in [1.165, 1.54) is 25.3 Å². The molecule has 1 N–H and O–H groups in total. The van der Waals surface area contributed by atoms with Crippen LogP contribution >= 0.6 is 11.6 Å². The Hall–Kier alpha value is -2.60. The second-order valence-corrected chi connectivity index (χ2v) is 4.92. The Morgan fingerprint density at radius 2 is 2.05 bits per heavy atom. The van der Waals surface area contributed by atoms with Crippen LogP contribution in [0.15, 0.2) is 36.4 Å². The minimum absolute atomic E-state index is 0.0504. The Kier molecular flexibility index (Phi) is 4.62. The molecule has 0 bridgehead atoms. The van der Waals surface area contributed by atoms with Gasteiger partial charge in [0.05, 0.1) is 28.3 Å². The standard InChI is InChI=1S/C15H13ClN2O4/c1-9-12(4-3-5-13(9)18(20)21)17-15(19)10-6-7-14(22-2)11(16)8-10/h3-8H,1-2H3,(H,17,19). The van der Waals surface area contributed by atoms with Gasteiger partial charge in [-0.15, -0.1) is 0 Å². The van der Waals surface area contributed by atoms with Crippen LogP contribution in [0.5, 0.6) is 5.75 Å². The Morgan fingerprint density at radius 3 is 2.64 bits per heavy atom. The number of carbonyl (C=O) groups is 1. The molecule has 6 nitrogen and oxygen atoms in total. The number of amides is 1. The zero-order chi connectivity index (χ0) is 16.3. The topological polar surface area (TPSA) is 81.5 Å². The number of anilines is 1. The van der Waals surface area contributed by atoms with Gasteiger partial charge in [-0.2, -0.15) is 0 Å². The van der Waals surface area contributed by atoms with Gasteiger partial charge in [-0.3, -0.25) is 14.9 Å². The first-order valence-corrected chi connectivity index (χ1v) is 6.70. The van der Waals surface area contributed by atoms with Crippen molar-refractivity contribution in [1.29, 1.82) is 0 Å². The number of hydrogen-bond acceptors (Lipinski definition) is 4. The molecule has 0 aliphatic carbocycles. The van der Waals surface area contributed by atoms with Crippen LogP contribution in [0.3, 0.4) is 0 Å². The van der Waals surface area contributed by atoms with Crippen molar-refractivity contribution in [1.82, 2.24) is 0 Å². The molecule has 0 spiro atoms. The van der Waals surface area contributed by atoms with Crippen LogP contribution in [-0.2, 0) is 0 Å². The fraction of sp³-hybridized carbons (Fsp3) is 0.133. The Labute approximate surface area is 131 Å². The lowest BCUT2D eigenvalue weighted by Crippen LogP contribution is -2.13. The third-order valence-corrected chi connectivity index (χ3v) is 3.46. The van der Waals surface area contributed by atoms with Crippen molar-refractivity contribution in [3.63, 3.8) is 0 Å². The quantitative estimate of drug-likeness (QED) is 0.686. The molecule has 2 rings (SSSR count). The molecule has 0 saturated carbocycles. The summed E-state index contributed by atoms with van der Waals surface area (Å²) in [6.07, 6.45) is 0. The number of halogens is 1. The van der Waals surface area contributed by atoms with Crippen molar-refractivity contribution in [2.24, 2.45) is 0 Å². The van der Waals surface area contributed by atoms with E-state index in [4.69, 9.17) is 16.3 Å². The highest BCUT2D eigenvalue weighted by Crippen LogP contribution is 2.27. The molecule has 0 aromatic heterocycles. The summed E-state index contributed by atoms with van der Waals surface area (Å²) < 4.78 is 5.02. The first kappa shape index (κ1) is 15.8. The van der Waals surface area contributed by atoms with E-state index in [1.807, 2.05) is 0 Å². The lowest BCUT2D eigenvalue weighted by molar-refractivity contribution is -0.385. The summed E-state index contributed by atoms with van der Waals surface area (Å²) in [4.78, 5) is 22.6. The summed E-state index contributed by atoms with van der Waals surface area (Å²) in [7, 11) is 1.48. The summed E-state index contributed by atoms with van der Waals surface area (Å²) in [5, 5.41) is 13.9. The molecule has 114 valence electrons. The number of nitrogens with one attached hydrogen (secondary N) is 1. The number of hydrogen-bond donors (Lipinski definition) is 1. The summed E-state index contributed by atoms with van der Waals surface area (Å²) in [6.45, 7) is 1.58. The number of carbonyl (C=O) groups excluding carboxylic acids is 1. The van der Waals surface area contributed by atoms with E-state index in [1.54, 1.807) is 25.1 Å². The summed E-state index contributed by atoms with van der Waals surface area (Å²) in [6, 6.07) is 9.12. The van der Waals surface area contributed by atoms with Gasteiger partial charge in [0.1, 0.15) is 5.75 Å². The maximum absolute atomic E-state index is 12.2. The first-order chi connectivity index (χ1) is 10.4. The van der Waals surface area contributed by atoms with Crippen LogP contribution in [0.1, 0.15) is 15.9 Å². The molecule has 7 heteroatoms. The van der Waals surface area contributed by atoms with Crippen molar-refractivity contribution in [3.05, 3.63) is 62.7 Å². The molecule has 1 amide bonds. The van der Waals surface area contributed by atoms with E-state index in [2.05, 4.69) is 5.32 Å². The second-order valence-electron chi connectivity index (χ2n) is 4.51. The van der Waals surface area contributed by atoms with Gasteiger partial charge < -0.3 is 10.1 Å². The minimum Gasteiger partial charge on any atom is -0.495 e. The van der Waals surface area contributed by atoms with Crippen molar-refractivity contribution < 1.29 is 14.5 Å². The van der Waals surface area contributed by atoms with Gasteiger partial charge in [0.25, 0.3) is 11.6 Å². The van der Waals surface area contributed by atoms with Crippen molar-refractivity contribution in [2.75, 3.05) is 12.4 Å². The first-order valence-electron chi connectivity index (χ1n) is 6.33. The van der Waals surface area contributed by atoms with Gasteiger partial charge >= 0.3 is 0 Å². The molecule has 0 unspecified atom stereocenters. The van der Waals surface area contributed by atoms with Crippen LogP contribution in [0.4, 0.5) is 11.4 Å². The largest absolute Gasteiger partial charge is 0.495 e. The number of nitro benzene ring substituents is 1. The molecule has 0 aliphatic heterocycles. The molecule has 2 aromatic carbocycles. The number of nitrogens with zero attached hydrogens (tertiary/aromatic N) is 1. The van der Waals surface area contributed by atoms with Gasteiger partial charge in [0, 0.05) is 11.6 Å². The molecular weight excluding hydrogens is 308 g/mol. The van der Waals surface area contributed by atoms with Crippen LogP contribution in [0.25, 0.3) is 0 Å². The molecule has 0 saturated heterocycles. The lowest BCUT2D eigenvalue weighted by atomic mass is 10.1. The molecule has 0 fully saturated rings. The lowest BCUT2D eigenvalue weighted by Gasteiger charge is -2.10. The highest BCUT2D eigenvalue weighted by molar-refractivity contribution is 6.32. The Balaban J connectivity index is 2.28. The zero-order valence-electron chi connectivity index (χ0n) is 11.9. The smallest absolute Gasteiger partial charge is 0.274 e. The minimum atomic E-state index is -0.491. The summed E-state index contributed by atoms with van der Waals surface area (Å²) >= 11 is 5.98. The molecule has 2 aromatic rings. The van der Waals surface area contributed by atoms with Crippen molar-refractivity contribution >= 4 is 28.9 Å². The average Bonchev–Trinajstić information content (AvgIpc) is 2.48. The molecule has 0 heterocycles. The number of methoxy groups -OCH3 is 1. The van der Waals surface area contributed by atoms with Crippen LogP contribution in [0, 0.1) is 17.0 Å². The Bertz CT molecular complexity index is 746. The molecule has 0 atom stereocenters. The van der Waals surface area contributed by atoms with Gasteiger partial charge in [0.15, 0.2) is 0 Å². The summed E-state index contributed by atoms with van der Waals surface area (Å²) in [5.41, 5.74) is 1.05. The van der Waals surface area contributed by atoms with E-state index in [9.17, 15) is 14.9 Å². The third-order valence-electron chi connectivity index (χ3n) is 3.16. The summed E-state index contributed by atoms with van der Waals surface area (Å²) in [5.74, 6) is 0.0536. The van der Waals surface area contributed by atoms with Gasteiger partial charge in [0.2, 0.25) is 0 Å². The van der Waals surface area contributed by atoms with Crippen LogP contribution in [-0.4, -0.2) is 17.9 Å². The monoisotopic (exact) mass is 320 g/mol. The molecule has 0 radical (unpaired) electrons. The maximum atomic E-state index is 12.2. The number of rotatable bonds is 4. The predicted octanol–water partition coefficient (Wildman–Crippen LogP) is 3.82.